The van der Waals surface area contributed by atoms with Crippen LogP contribution in [0.2, 0.25) is 0 Å². The highest BCUT2D eigenvalue weighted by molar-refractivity contribution is 5.87. The molecule has 0 radical (unpaired) electrons. The van der Waals surface area contributed by atoms with Crippen LogP contribution in [-0.2, 0) is 16.0 Å². The summed E-state index contributed by atoms with van der Waals surface area (Å²) in [7, 11) is 0. The van der Waals surface area contributed by atoms with Crippen LogP contribution in [0.15, 0.2) is 30.5 Å². The van der Waals surface area contributed by atoms with E-state index in [1.54, 1.807) is 6.20 Å². The van der Waals surface area contributed by atoms with Crippen LogP contribution in [0.25, 0.3) is 10.9 Å². The fraction of sp³-hybridized carbons (Fsp3) is 0.333. The lowest BCUT2D eigenvalue weighted by molar-refractivity contribution is -0.308. The second-order valence-electron chi connectivity index (χ2n) is 5.22. The Morgan fingerprint density at radius 2 is 2.10 bits per heavy atom. The summed E-state index contributed by atoms with van der Waals surface area (Å²) in [5, 5.41) is 14.7. The van der Waals surface area contributed by atoms with Gasteiger partial charge in [0.2, 0.25) is 5.91 Å². The van der Waals surface area contributed by atoms with Gasteiger partial charge in [-0.15, -0.1) is 0 Å². The van der Waals surface area contributed by atoms with E-state index < -0.39 is 12.0 Å². The number of carboxylic acids is 1. The van der Waals surface area contributed by atoms with Gasteiger partial charge in [0.15, 0.2) is 0 Å². The standard InChI is InChI=1S/C15H16N2O3/c18-14(9-5-6-9)17-13(15(19)20)7-10-8-16-12-4-2-1-3-11(10)12/h1-4,8-9,13,16H,5-7H2,(H,17,18)(H,19,20)/p-1/t13-/m1/s1. The molecule has 1 aromatic heterocycles. The number of benzene rings is 1. The molecule has 3 rings (SSSR count). The van der Waals surface area contributed by atoms with Crippen molar-refractivity contribution in [2.24, 2.45) is 5.92 Å². The average molecular weight is 271 g/mol. The highest BCUT2D eigenvalue weighted by atomic mass is 16.4. The smallest absolute Gasteiger partial charge is 0.223 e. The van der Waals surface area contributed by atoms with Crippen molar-refractivity contribution in [3.05, 3.63) is 36.0 Å². The second kappa shape index (κ2) is 5.00. The Bertz CT molecular complexity index is 658. The molecule has 1 aromatic carbocycles. The van der Waals surface area contributed by atoms with Gasteiger partial charge in [-0.1, -0.05) is 18.2 Å². The van der Waals surface area contributed by atoms with Gasteiger partial charge in [0.05, 0.1) is 12.0 Å². The largest absolute Gasteiger partial charge is 0.548 e. The van der Waals surface area contributed by atoms with Gasteiger partial charge >= 0.3 is 0 Å². The third-order valence-corrected chi connectivity index (χ3v) is 3.65. The van der Waals surface area contributed by atoms with E-state index >= 15 is 0 Å². The molecule has 1 aliphatic rings. The number of fused-ring (bicyclic) bond motifs is 1. The lowest BCUT2D eigenvalue weighted by Crippen LogP contribution is -2.49. The third kappa shape index (κ3) is 2.52. The van der Waals surface area contributed by atoms with Gasteiger partial charge in [-0.3, -0.25) is 4.79 Å². The molecular weight excluding hydrogens is 256 g/mol. The van der Waals surface area contributed by atoms with Crippen LogP contribution in [0, 0.1) is 5.92 Å². The van der Waals surface area contributed by atoms with E-state index in [9.17, 15) is 14.7 Å². The average Bonchev–Trinajstić information content (AvgIpc) is 3.21. The first-order valence-corrected chi connectivity index (χ1v) is 6.71. The van der Waals surface area contributed by atoms with Gasteiger partial charge in [0.25, 0.3) is 0 Å². The first-order chi connectivity index (χ1) is 9.65. The molecule has 1 heterocycles. The number of aromatic amines is 1. The number of H-pyrrole nitrogens is 1. The van der Waals surface area contributed by atoms with Crippen molar-refractivity contribution in [1.82, 2.24) is 10.3 Å². The SMILES string of the molecule is O=C(N[C@H](Cc1c[nH]c2ccccc12)C(=O)[O-])C1CC1. The van der Waals surface area contributed by atoms with E-state index in [0.717, 1.165) is 29.3 Å². The molecule has 2 N–H and O–H groups in total. The summed E-state index contributed by atoms with van der Waals surface area (Å²) >= 11 is 0. The van der Waals surface area contributed by atoms with Crippen LogP contribution in [-0.4, -0.2) is 22.9 Å². The van der Waals surface area contributed by atoms with Crippen LogP contribution in [0.3, 0.4) is 0 Å². The molecule has 0 bridgehead atoms. The summed E-state index contributed by atoms with van der Waals surface area (Å²) in [6.45, 7) is 0. The van der Waals surface area contributed by atoms with Crippen molar-refractivity contribution < 1.29 is 14.7 Å². The van der Waals surface area contributed by atoms with Crippen molar-refractivity contribution >= 4 is 22.8 Å². The molecule has 5 heteroatoms. The van der Waals surface area contributed by atoms with Crippen molar-refractivity contribution in [1.29, 1.82) is 0 Å². The molecule has 2 aromatic rings. The van der Waals surface area contributed by atoms with Crippen LogP contribution in [0.4, 0.5) is 0 Å². The zero-order valence-corrected chi connectivity index (χ0v) is 10.9. The summed E-state index contributed by atoms with van der Waals surface area (Å²) < 4.78 is 0. The zero-order chi connectivity index (χ0) is 14.1. The minimum atomic E-state index is -1.25. The van der Waals surface area contributed by atoms with Crippen molar-refractivity contribution in [3.63, 3.8) is 0 Å². The highest BCUT2D eigenvalue weighted by Crippen LogP contribution is 2.29. The number of aliphatic carboxylic acids is 1. The minimum Gasteiger partial charge on any atom is -0.548 e. The normalized spacial score (nSPS) is 16.0. The molecule has 0 spiro atoms. The second-order valence-corrected chi connectivity index (χ2v) is 5.22. The number of hydrogen-bond acceptors (Lipinski definition) is 3. The van der Waals surface area contributed by atoms with E-state index in [1.807, 2.05) is 24.3 Å². The quantitative estimate of drug-likeness (QED) is 0.823. The van der Waals surface area contributed by atoms with Crippen LogP contribution >= 0.6 is 0 Å². The maximum Gasteiger partial charge on any atom is 0.223 e. The molecular formula is C15H15N2O3-. The summed E-state index contributed by atoms with van der Waals surface area (Å²) in [5.74, 6) is -1.44. The van der Waals surface area contributed by atoms with Crippen molar-refractivity contribution in [2.45, 2.75) is 25.3 Å². The fourth-order valence-corrected chi connectivity index (χ4v) is 2.35. The van der Waals surface area contributed by atoms with Crippen LogP contribution in [0.5, 0.6) is 0 Å². The van der Waals surface area contributed by atoms with Gasteiger partial charge < -0.3 is 20.2 Å². The number of rotatable bonds is 5. The number of carbonyl (C=O) groups is 2. The van der Waals surface area contributed by atoms with E-state index in [0.29, 0.717) is 0 Å². The van der Waals surface area contributed by atoms with Gasteiger partial charge in [-0.05, 0) is 24.5 Å². The van der Waals surface area contributed by atoms with Gasteiger partial charge in [0, 0.05) is 29.4 Å². The Labute approximate surface area is 116 Å². The van der Waals surface area contributed by atoms with Gasteiger partial charge in [-0.2, -0.15) is 0 Å². The number of carbonyl (C=O) groups excluding carboxylic acids is 2. The highest BCUT2D eigenvalue weighted by Gasteiger charge is 2.31. The van der Waals surface area contributed by atoms with Gasteiger partial charge in [-0.25, -0.2) is 0 Å². The molecule has 1 fully saturated rings. The van der Waals surface area contributed by atoms with E-state index in [4.69, 9.17) is 0 Å². The number of carboxylic acid groups (broad SMARTS) is 1. The minimum absolute atomic E-state index is 0.0141. The molecule has 1 atom stereocenters. The summed E-state index contributed by atoms with van der Waals surface area (Å²) in [6, 6.07) is 6.68. The molecule has 0 aliphatic heterocycles. The molecule has 1 amide bonds. The Morgan fingerprint density at radius 1 is 1.35 bits per heavy atom. The predicted octanol–water partition coefficient (Wildman–Crippen LogP) is 0.355. The number of nitrogens with one attached hydrogen (secondary N) is 2. The fourth-order valence-electron chi connectivity index (χ4n) is 2.35. The van der Waals surface area contributed by atoms with Crippen LogP contribution in [0.1, 0.15) is 18.4 Å². The van der Waals surface area contributed by atoms with Crippen molar-refractivity contribution in [2.75, 3.05) is 0 Å². The Balaban J connectivity index is 1.78. The van der Waals surface area contributed by atoms with E-state index in [2.05, 4.69) is 10.3 Å². The zero-order valence-electron chi connectivity index (χ0n) is 10.9. The molecule has 1 aliphatic carbocycles. The molecule has 20 heavy (non-hydrogen) atoms. The number of aromatic nitrogens is 1. The van der Waals surface area contributed by atoms with E-state index in [1.165, 1.54) is 0 Å². The molecule has 104 valence electrons. The first-order valence-electron chi connectivity index (χ1n) is 6.71. The lowest BCUT2D eigenvalue weighted by atomic mass is 10.0. The molecule has 0 saturated heterocycles. The number of hydrogen-bond donors (Lipinski definition) is 2. The Hall–Kier alpha value is -2.30. The molecule has 0 unspecified atom stereocenters. The maximum absolute atomic E-state index is 11.7. The lowest BCUT2D eigenvalue weighted by Gasteiger charge is -2.19. The van der Waals surface area contributed by atoms with Crippen LogP contribution < -0.4 is 10.4 Å². The predicted molar refractivity (Wildman–Crippen MR) is 71.7 cm³/mol. The monoisotopic (exact) mass is 271 g/mol. The molecule has 1 saturated carbocycles. The third-order valence-electron chi connectivity index (χ3n) is 3.65. The molecule has 5 nitrogen and oxygen atoms in total. The summed E-state index contributed by atoms with van der Waals surface area (Å²) in [4.78, 5) is 26.0. The summed E-state index contributed by atoms with van der Waals surface area (Å²) in [6.07, 6.45) is 3.70. The number of amides is 1. The Kier molecular flexibility index (Phi) is 3.18. The van der Waals surface area contributed by atoms with Gasteiger partial charge in [0.1, 0.15) is 0 Å². The van der Waals surface area contributed by atoms with Crippen molar-refractivity contribution in [3.8, 4) is 0 Å². The topological polar surface area (TPSA) is 85.0 Å². The number of para-hydroxylation sites is 1. The Morgan fingerprint density at radius 3 is 2.80 bits per heavy atom. The summed E-state index contributed by atoms with van der Waals surface area (Å²) in [5.41, 5.74) is 1.82. The van der Waals surface area contributed by atoms with E-state index in [-0.39, 0.29) is 18.2 Å². The maximum atomic E-state index is 11.7. The first kappa shape index (κ1) is 12.7.